The molecule has 2 aromatic carbocycles. The Kier molecular flexibility index (Phi) is 9.35. The number of carbonyl (C=O) groups excluding carboxylic acids is 2. The van der Waals surface area contributed by atoms with Gasteiger partial charge in [0.15, 0.2) is 5.78 Å². The van der Waals surface area contributed by atoms with Crippen LogP contribution in [-0.4, -0.2) is 48.0 Å². The lowest BCUT2D eigenvalue weighted by Gasteiger charge is -2.25. The summed E-state index contributed by atoms with van der Waals surface area (Å²) in [6.45, 7) is 13.9. The number of rotatable bonds is 12. The lowest BCUT2D eigenvalue weighted by molar-refractivity contribution is -0.149. The minimum Gasteiger partial charge on any atom is -0.494 e. The number of benzene rings is 2. The summed E-state index contributed by atoms with van der Waals surface area (Å²) in [5.74, 6) is -1.71. The Bertz CT molecular complexity index is 1430. The molecule has 40 heavy (non-hydrogen) atoms. The Balaban J connectivity index is 1.60. The van der Waals surface area contributed by atoms with Gasteiger partial charge < -0.3 is 9.47 Å². The minimum atomic E-state index is -1.44. The first-order valence-corrected chi connectivity index (χ1v) is 17.8. The highest BCUT2D eigenvalue weighted by molar-refractivity contribution is 6.76. The van der Waals surface area contributed by atoms with E-state index in [-0.39, 0.29) is 11.3 Å². The fraction of sp³-hybridized carbons (Fsp3) is 0.452. The Labute approximate surface area is 236 Å². The molecule has 1 aromatic heterocycles. The largest absolute Gasteiger partial charge is 0.494 e. The summed E-state index contributed by atoms with van der Waals surface area (Å²) in [6, 6.07) is 14.9. The molecule has 0 radical (unpaired) electrons. The number of hydrogen-bond acceptors (Lipinski definition) is 7. The van der Waals surface area contributed by atoms with Crippen LogP contribution in [0.25, 0.3) is 16.6 Å². The van der Waals surface area contributed by atoms with Gasteiger partial charge in [-0.05, 0) is 61.7 Å². The van der Waals surface area contributed by atoms with Crippen LogP contribution in [0.15, 0.2) is 59.9 Å². The van der Waals surface area contributed by atoms with E-state index in [1.807, 2.05) is 0 Å². The number of hydrogen-bond donors (Lipinski definition) is 0. The molecule has 1 fully saturated rings. The van der Waals surface area contributed by atoms with Crippen LogP contribution in [0.3, 0.4) is 0 Å². The number of esters is 1. The standard InChI is InChI=1S/C31H39N3O5Si/c1-6-7-18-38-23-14-12-22(13-15-23)29(35)26-17-16-24(28(26)31(37)39-19-20-40(3,4)5)21(2)34-30(36)25-10-8-9-11-27(25)32-33-34/h8-15,24,26,28H,2,6-7,16-20H2,1,3-5H3. The van der Waals surface area contributed by atoms with Gasteiger partial charge in [0.05, 0.1) is 24.5 Å². The molecule has 0 amide bonds. The summed E-state index contributed by atoms with van der Waals surface area (Å²) in [5, 5.41) is 8.71. The van der Waals surface area contributed by atoms with Crippen molar-refractivity contribution in [3.63, 3.8) is 0 Å². The van der Waals surface area contributed by atoms with E-state index >= 15 is 0 Å². The number of carbonyl (C=O) groups is 2. The lowest BCUT2D eigenvalue weighted by atomic mass is 9.83. The maximum absolute atomic E-state index is 13.7. The van der Waals surface area contributed by atoms with Gasteiger partial charge in [0.2, 0.25) is 0 Å². The van der Waals surface area contributed by atoms with Crippen molar-refractivity contribution in [3.05, 3.63) is 71.0 Å². The van der Waals surface area contributed by atoms with Crippen LogP contribution in [-0.2, 0) is 9.53 Å². The van der Waals surface area contributed by atoms with Gasteiger partial charge in [0, 0.05) is 31.2 Å². The van der Waals surface area contributed by atoms with Gasteiger partial charge in [-0.2, -0.15) is 4.68 Å². The fourth-order valence-electron chi connectivity index (χ4n) is 5.15. The second kappa shape index (κ2) is 12.7. The molecule has 0 aliphatic heterocycles. The van der Waals surface area contributed by atoms with Crippen molar-refractivity contribution in [2.75, 3.05) is 13.2 Å². The summed E-state index contributed by atoms with van der Waals surface area (Å²) in [5.41, 5.74) is 1.00. The number of nitrogens with zero attached hydrogens (tertiary/aromatic N) is 3. The van der Waals surface area contributed by atoms with Crippen molar-refractivity contribution in [1.29, 1.82) is 0 Å². The van der Waals surface area contributed by atoms with Crippen molar-refractivity contribution in [2.24, 2.45) is 17.8 Å². The molecule has 3 aromatic rings. The third-order valence-corrected chi connectivity index (χ3v) is 9.24. The molecule has 1 aliphatic rings. The van der Waals surface area contributed by atoms with E-state index in [4.69, 9.17) is 9.47 Å². The van der Waals surface area contributed by atoms with Gasteiger partial charge in [-0.3, -0.25) is 14.4 Å². The average molecular weight is 562 g/mol. The highest BCUT2D eigenvalue weighted by Crippen LogP contribution is 2.44. The highest BCUT2D eigenvalue weighted by Gasteiger charge is 2.47. The molecule has 0 bridgehead atoms. The Morgan fingerprint density at radius 2 is 1.73 bits per heavy atom. The molecule has 3 atom stereocenters. The monoisotopic (exact) mass is 561 g/mol. The maximum Gasteiger partial charge on any atom is 0.310 e. The van der Waals surface area contributed by atoms with Gasteiger partial charge >= 0.3 is 5.97 Å². The first kappa shape index (κ1) is 29.4. The summed E-state index contributed by atoms with van der Waals surface area (Å²) in [4.78, 5) is 40.6. The lowest BCUT2D eigenvalue weighted by Crippen LogP contribution is -2.35. The van der Waals surface area contributed by atoms with Crippen molar-refractivity contribution in [2.45, 2.75) is 58.3 Å². The number of unbranched alkanes of at least 4 members (excludes halogenated alkanes) is 1. The molecule has 0 spiro atoms. The number of allylic oxidation sites excluding steroid dienone is 1. The van der Waals surface area contributed by atoms with Gasteiger partial charge in [-0.1, -0.05) is 56.9 Å². The third-order valence-electron chi connectivity index (χ3n) is 7.54. The summed E-state index contributed by atoms with van der Waals surface area (Å²) in [6.07, 6.45) is 2.97. The summed E-state index contributed by atoms with van der Waals surface area (Å²) >= 11 is 0. The molecule has 0 N–H and O–H groups in total. The Hall–Kier alpha value is -3.59. The maximum atomic E-state index is 13.7. The van der Waals surface area contributed by atoms with Gasteiger partial charge in [-0.15, -0.1) is 5.10 Å². The van der Waals surface area contributed by atoms with Crippen LogP contribution >= 0.6 is 0 Å². The van der Waals surface area contributed by atoms with E-state index < -0.39 is 31.8 Å². The smallest absolute Gasteiger partial charge is 0.310 e. The van der Waals surface area contributed by atoms with Crippen LogP contribution in [0.4, 0.5) is 0 Å². The molecule has 212 valence electrons. The van der Waals surface area contributed by atoms with Gasteiger partial charge in [0.25, 0.3) is 5.56 Å². The van der Waals surface area contributed by atoms with Crippen LogP contribution in [0.1, 0.15) is 43.0 Å². The zero-order valence-electron chi connectivity index (χ0n) is 23.9. The second-order valence-electron chi connectivity index (χ2n) is 11.7. The van der Waals surface area contributed by atoms with Crippen molar-refractivity contribution < 1.29 is 19.1 Å². The first-order chi connectivity index (χ1) is 19.1. The SMILES string of the molecule is C=C(C1CCC(C(=O)c2ccc(OCCCC)cc2)C1C(=O)OCC[Si](C)(C)C)n1nnc2ccccc2c1=O. The highest BCUT2D eigenvalue weighted by atomic mass is 28.3. The molecule has 9 heteroatoms. The molecule has 4 rings (SSSR count). The van der Waals surface area contributed by atoms with Gasteiger partial charge in [-0.25, -0.2) is 0 Å². The van der Waals surface area contributed by atoms with Gasteiger partial charge in [0.1, 0.15) is 11.3 Å². The van der Waals surface area contributed by atoms with E-state index in [0.717, 1.165) is 18.9 Å². The van der Waals surface area contributed by atoms with Crippen LogP contribution in [0, 0.1) is 17.8 Å². The minimum absolute atomic E-state index is 0.125. The number of aromatic nitrogens is 3. The van der Waals surface area contributed by atoms with Crippen molar-refractivity contribution in [1.82, 2.24) is 15.0 Å². The van der Waals surface area contributed by atoms with Crippen molar-refractivity contribution in [3.8, 4) is 5.75 Å². The topological polar surface area (TPSA) is 100 Å². The average Bonchev–Trinajstić information content (AvgIpc) is 3.38. The predicted molar refractivity (Wildman–Crippen MR) is 159 cm³/mol. The molecular formula is C31H39N3O5Si. The number of Topliss-reactive ketones (excluding diaryl/α,β-unsaturated/α-hetero) is 1. The molecular weight excluding hydrogens is 522 g/mol. The number of ether oxygens (including phenoxy) is 2. The van der Waals surface area contributed by atoms with E-state index in [0.29, 0.717) is 54.0 Å². The quantitative estimate of drug-likeness (QED) is 0.118. The Morgan fingerprint density at radius 1 is 1.02 bits per heavy atom. The number of fused-ring (bicyclic) bond motifs is 1. The molecule has 0 saturated heterocycles. The van der Waals surface area contributed by atoms with Crippen LogP contribution in [0.2, 0.25) is 25.7 Å². The summed E-state index contributed by atoms with van der Waals surface area (Å²) in [7, 11) is -1.44. The van der Waals surface area contributed by atoms with E-state index in [2.05, 4.69) is 43.5 Å². The molecule has 1 heterocycles. The predicted octanol–water partition coefficient (Wildman–Crippen LogP) is 5.85. The van der Waals surface area contributed by atoms with Crippen molar-refractivity contribution >= 4 is 36.4 Å². The molecule has 8 nitrogen and oxygen atoms in total. The fourth-order valence-corrected chi connectivity index (χ4v) is 5.86. The zero-order valence-corrected chi connectivity index (χ0v) is 24.9. The zero-order chi connectivity index (χ0) is 28.9. The molecule has 1 saturated carbocycles. The molecule has 1 aliphatic carbocycles. The molecule has 3 unspecified atom stereocenters. The van der Waals surface area contributed by atoms with E-state index in [9.17, 15) is 14.4 Å². The van der Waals surface area contributed by atoms with E-state index in [1.54, 1.807) is 48.5 Å². The number of ketones is 1. The van der Waals surface area contributed by atoms with E-state index in [1.165, 1.54) is 4.68 Å². The van der Waals surface area contributed by atoms with Crippen LogP contribution < -0.4 is 10.3 Å². The van der Waals surface area contributed by atoms with Crippen LogP contribution in [0.5, 0.6) is 5.75 Å². The third kappa shape index (κ3) is 6.75. The Morgan fingerprint density at radius 3 is 2.42 bits per heavy atom. The summed E-state index contributed by atoms with van der Waals surface area (Å²) < 4.78 is 12.7. The normalized spacial score (nSPS) is 18.9. The second-order valence-corrected chi connectivity index (χ2v) is 17.3. The first-order valence-electron chi connectivity index (χ1n) is 14.1.